The Kier molecular flexibility index (Phi) is 4.91. The highest BCUT2D eigenvalue weighted by Gasteiger charge is 2.36. The van der Waals surface area contributed by atoms with E-state index in [1.165, 1.54) is 0 Å². The van der Waals surface area contributed by atoms with Crippen LogP contribution in [0.5, 0.6) is 5.75 Å². The number of hydrogen-bond donors (Lipinski definition) is 1. The molecular weight excluding hydrogens is 338 g/mol. The van der Waals surface area contributed by atoms with E-state index < -0.39 is 23.8 Å². The first-order valence-electron chi connectivity index (χ1n) is 6.83. The highest BCUT2D eigenvalue weighted by molar-refractivity contribution is 9.10. The van der Waals surface area contributed by atoms with Crippen LogP contribution < -0.4 is 10.6 Å². The van der Waals surface area contributed by atoms with Crippen LogP contribution in [0, 0.1) is 0 Å². The van der Waals surface area contributed by atoms with Crippen molar-refractivity contribution in [2.45, 2.75) is 51.4 Å². The topological polar surface area (TPSA) is 70.8 Å². The molecule has 5 nitrogen and oxygen atoms in total. The van der Waals surface area contributed by atoms with E-state index in [4.69, 9.17) is 20.2 Å². The summed E-state index contributed by atoms with van der Waals surface area (Å²) < 4.78 is 12.2. The largest absolute Gasteiger partial charge is 0.487 e. The van der Waals surface area contributed by atoms with Crippen molar-refractivity contribution in [1.29, 1.82) is 0 Å². The van der Waals surface area contributed by atoms with E-state index in [9.17, 15) is 4.79 Å². The fourth-order valence-corrected chi connectivity index (χ4v) is 2.65. The zero-order valence-corrected chi connectivity index (χ0v) is 14.0. The van der Waals surface area contributed by atoms with Crippen LogP contribution in [-0.2, 0) is 20.8 Å². The normalized spacial score (nSPS) is 19.4. The second-order valence-electron chi connectivity index (χ2n) is 6.04. The summed E-state index contributed by atoms with van der Waals surface area (Å²) in [6.45, 7) is 5.40. The third-order valence-corrected chi connectivity index (χ3v) is 3.62. The van der Waals surface area contributed by atoms with Crippen LogP contribution >= 0.6 is 15.9 Å². The Balaban J connectivity index is 2.11. The molecule has 1 aromatic carbocycles. The predicted molar refractivity (Wildman–Crippen MR) is 81.8 cm³/mol. The molecule has 21 heavy (non-hydrogen) atoms. The summed E-state index contributed by atoms with van der Waals surface area (Å²) in [4.78, 5) is 17.0. The van der Waals surface area contributed by atoms with E-state index in [-0.39, 0.29) is 0 Å². The van der Waals surface area contributed by atoms with E-state index in [0.717, 1.165) is 22.2 Å². The molecule has 0 amide bonds. The van der Waals surface area contributed by atoms with Gasteiger partial charge in [0.1, 0.15) is 17.5 Å². The molecule has 0 saturated heterocycles. The first kappa shape index (κ1) is 16.3. The minimum atomic E-state index is -0.930. The second kappa shape index (κ2) is 6.34. The third kappa shape index (κ3) is 4.18. The fourth-order valence-electron chi connectivity index (χ4n) is 2.25. The number of carbonyl (C=O) groups excluding carboxylic acids is 1. The Hall–Kier alpha value is -1.11. The molecule has 0 bridgehead atoms. The lowest BCUT2D eigenvalue weighted by atomic mass is 9.99. The predicted octanol–water partition coefficient (Wildman–Crippen LogP) is 2.74. The number of rotatable bonds is 3. The number of aryl methyl sites for hydroxylation is 1. The number of carbonyl (C=O) groups is 1. The number of fused-ring (bicyclic) bond motifs is 1. The quantitative estimate of drug-likeness (QED) is 0.665. The van der Waals surface area contributed by atoms with Gasteiger partial charge in [-0.25, -0.2) is 10.7 Å². The van der Waals surface area contributed by atoms with Gasteiger partial charge in [-0.3, -0.25) is 4.84 Å². The zero-order chi connectivity index (χ0) is 15.6. The van der Waals surface area contributed by atoms with Gasteiger partial charge in [0.25, 0.3) is 0 Å². The molecule has 116 valence electrons. The van der Waals surface area contributed by atoms with Crippen LogP contribution in [-0.4, -0.2) is 23.8 Å². The molecule has 1 aliphatic heterocycles. The summed E-state index contributed by atoms with van der Waals surface area (Å²) in [6, 6.07) is 5.78. The minimum absolute atomic E-state index is 0.446. The number of esters is 1. The number of halogens is 1. The van der Waals surface area contributed by atoms with E-state index in [2.05, 4.69) is 15.9 Å². The van der Waals surface area contributed by atoms with Gasteiger partial charge in [-0.15, -0.1) is 0 Å². The monoisotopic (exact) mass is 357 g/mol. The van der Waals surface area contributed by atoms with Gasteiger partial charge in [0.15, 0.2) is 0 Å². The number of hydrogen-bond acceptors (Lipinski definition) is 5. The average molecular weight is 358 g/mol. The molecule has 6 heteroatoms. The Morgan fingerprint density at radius 2 is 2.19 bits per heavy atom. The van der Waals surface area contributed by atoms with Gasteiger partial charge in [-0.2, -0.15) is 0 Å². The maximum Gasteiger partial charge on any atom is 0.341 e. The first-order chi connectivity index (χ1) is 9.80. The third-order valence-electron chi connectivity index (χ3n) is 3.12. The van der Waals surface area contributed by atoms with Gasteiger partial charge in [0, 0.05) is 4.47 Å². The smallest absolute Gasteiger partial charge is 0.341 e. The van der Waals surface area contributed by atoms with Gasteiger partial charge in [0.05, 0.1) is 0 Å². The summed E-state index contributed by atoms with van der Waals surface area (Å²) in [5.74, 6) is 5.53. The highest BCUT2D eigenvalue weighted by Crippen LogP contribution is 2.31. The average Bonchev–Trinajstić information content (AvgIpc) is 2.37. The molecule has 2 N–H and O–H groups in total. The summed E-state index contributed by atoms with van der Waals surface area (Å²) in [7, 11) is 0. The van der Waals surface area contributed by atoms with Crippen molar-refractivity contribution >= 4 is 21.9 Å². The second-order valence-corrected chi connectivity index (χ2v) is 6.95. The van der Waals surface area contributed by atoms with Crippen molar-refractivity contribution in [3.8, 4) is 5.75 Å². The van der Waals surface area contributed by atoms with Crippen molar-refractivity contribution in [2.75, 3.05) is 0 Å². The first-order valence-corrected chi connectivity index (χ1v) is 7.63. The van der Waals surface area contributed by atoms with E-state index in [0.29, 0.717) is 6.42 Å². The van der Waals surface area contributed by atoms with Crippen LogP contribution in [0.1, 0.15) is 32.8 Å². The lowest BCUT2D eigenvalue weighted by molar-refractivity contribution is -0.176. The van der Waals surface area contributed by atoms with E-state index in [1.54, 1.807) is 20.8 Å². The molecule has 2 atom stereocenters. The van der Waals surface area contributed by atoms with Crippen LogP contribution in [0.2, 0.25) is 0 Å². The Morgan fingerprint density at radius 3 is 2.81 bits per heavy atom. The molecule has 1 aliphatic rings. The lowest BCUT2D eigenvalue weighted by Gasteiger charge is -2.31. The maximum atomic E-state index is 12.1. The molecule has 0 spiro atoms. The van der Waals surface area contributed by atoms with Crippen LogP contribution in [0.3, 0.4) is 0 Å². The van der Waals surface area contributed by atoms with Crippen LogP contribution in [0.25, 0.3) is 0 Å². The molecule has 0 aromatic heterocycles. The van der Waals surface area contributed by atoms with Crippen molar-refractivity contribution in [3.63, 3.8) is 0 Å². The van der Waals surface area contributed by atoms with Crippen molar-refractivity contribution < 1.29 is 19.1 Å². The van der Waals surface area contributed by atoms with Gasteiger partial charge in [-0.1, -0.05) is 15.9 Å². The summed E-state index contributed by atoms with van der Waals surface area (Å²) >= 11 is 3.43. The van der Waals surface area contributed by atoms with Crippen molar-refractivity contribution in [3.05, 3.63) is 28.2 Å². The molecular formula is C15H20BrNO4. The van der Waals surface area contributed by atoms with Crippen LogP contribution in [0.4, 0.5) is 0 Å². The summed E-state index contributed by atoms with van der Waals surface area (Å²) in [6.07, 6.45) is 0.0617. The molecule has 0 fully saturated rings. The van der Waals surface area contributed by atoms with Gasteiger partial charge >= 0.3 is 5.97 Å². The highest BCUT2D eigenvalue weighted by atomic mass is 79.9. The van der Waals surface area contributed by atoms with Crippen molar-refractivity contribution in [2.24, 2.45) is 5.90 Å². The number of nitrogens with two attached hydrogens (primary N) is 1. The van der Waals surface area contributed by atoms with Crippen LogP contribution in [0.15, 0.2) is 22.7 Å². The fraction of sp³-hybridized carbons (Fsp3) is 0.533. The number of ether oxygens (including phenoxy) is 2. The molecule has 0 aliphatic carbocycles. The molecule has 2 rings (SSSR count). The van der Waals surface area contributed by atoms with E-state index >= 15 is 0 Å². The lowest BCUT2D eigenvalue weighted by Crippen LogP contribution is -2.46. The zero-order valence-electron chi connectivity index (χ0n) is 12.4. The molecule has 1 unspecified atom stereocenters. The maximum absolute atomic E-state index is 12.1. The molecule has 1 aromatic rings. The van der Waals surface area contributed by atoms with Gasteiger partial charge < -0.3 is 9.47 Å². The number of benzene rings is 1. The minimum Gasteiger partial charge on any atom is -0.487 e. The molecule has 0 saturated carbocycles. The standard InChI is InChI=1S/C15H20BrNO4/c1-15(2,3)20-14(18)13(21-17)12-6-4-9-8-10(16)5-7-11(9)19-12/h5,7-8,12-13H,4,6,17H2,1-3H3/t12-,13?/m1/s1. The summed E-state index contributed by atoms with van der Waals surface area (Å²) in [5, 5.41) is 0. The molecule has 1 heterocycles. The van der Waals surface area contributed by atoms with Gasteiger partial charge in [-0.05, 0) is 57.4 Å². The SMILES string of the molecule is CC(C)(C)OC(=O)C(ON)[C@H]1CCc2cc(Br)ccc2O1. The molecule has 0 radical (unpaired) electrons. The Morgan fingerprint density at radius 1 is 1.48 bits per heavy atom. The van der Waals surface area contributed by atoms with E-state index in [1.807, 2.05) is 18.2 Å². The van der Waals surface area contributed by atoms with Crippen molar-refractivity contribution in [1.82, 2.24) is 0 Å². The Labute approximate surface area is 132 Å². The Bertz CT molecular complexity index is 527. The summed E-state index contributed by atoms with van der Waals surface area (Å²) in [5.41, 5.74) is 0.506. The van der Waals surface area contributed by atoms with Gasteiger partial charge in [0.2, 0.25) is 6.10 Å².